The first-order valence-corrected chi connectivity index (χ1v) is 30.1. The number of hydrogen-bond donors (Lipinski definition) is 3. The SMILES string of the molecule is CCCCCCC(CN(CCCCNS(=O)(=O)c1ccc(OC)cc1)S(=O)(=O)c1ccc(OC)cc1)OCc1ccccc1C(CCCC)(NS(=O)(=O)c1ccc(OC)cc1)NS(=O)(=O)c1ccc(OC)cc1. The number of benzene rings is 5. The molecule has 17 nitrogen and oxygen atoms in total. The third kappa shape index (κ3) is 16.4. The minimum absolute atomic E-state index is 0.0180. The molecule has 0 saturated carbocycles. The van der Waals surface area contributed by atoms with Gasteiger partial charge in [-0.3, -0.25) is 0 Å². The van der Waals surface area contributed by atoms with Crippen LogP contribution in [0.3, 0.4) is 0 Å². The van der Waals surface area contributed by atoms with E-state index in [1.807, 2.05) is 6.92 Å². The van der Waals surface area contributed by atoms with Gasteiger partial charge in [0.25, 0.3) is 0 Å². The topological polar surface area (TPSA) is 222 Å². The molecule has 5 rings (SSSR count). The molecule has 0 aromatic heterocycles. The van der Waals surface area contributed by atoms with Gasteiger partial charge in [-0.2, -0.15) is 13.7 Å². The summed E-state index contributed by atoms with van der Waals surface area (Å²) in [6.07, 6.45) is 4.73. The average Bonchev–Trinajstić information content (AvgIpc) is 3.39. The van der Waals surface area contributed by atoms with Gasteiger partial charge in [-0.15, -0.1) is 0 Å². The largest absolute Gasteiger partial charge is 0.497 e. The van der Waals surface area contributed by atoms with Crippen LogP contribution >= 0.6 is 0 Å². The van der Waals surface area contributed by atoms with Gasteiger partial charge in [0.2, 0.25) is 40.1 Å². The zero-order chi connectivity index (χ0) is 53.1. The van der Waals surface area contributed by atoms with E-state index in [0.717, 1.165) is 19.3 Å². The summed E-state index contributed by atoms with van der Waals surface area (Å²) in [4.78, 5) is -0.177. The number of rotatable bonds is 33. The Labute approximate surface area is 433 Å². The van der Waals surface area contributed by atoms with E-state index in [2.05, 4.69) is 21.1 Å². The predicted molar refractivity (Wildman–Crippen MR) is 281 cm³/mol. The Morgan fingerprint density at radius 1 is 0.507 bits per heavy atom. The zero-order valence-electron chi connectivity index (χ0n) is 42.4. The van der Waals surface area contributed by atoms with Crippen LogP contribution in [0.2, 0.25) is 0 Å². The fourth-order valence-corrected chi connectivity index (χ4v) is 13.4. The third-order valence-electron chi connectivity index (χ3n) is 12.2. The molecule has 0 bridgehead atoms. The highest BCUT2D eigenvalue weighted by Crippen LogP contribution is 2.34. The Hall–Kier alpha value is -5.10. The number of nitrogens with one attached hydrogen (secondary N) is 3. The minimum Gasteiger partial charge on any atom is -0.497 e. The maximum atomic E-state index is 14.6. The molecule has 1 atom stereocenters. The van der Waals surface area contributed by atoms with Gasteiger partial charge in [-0.1, -0.05) is 76.6 Å². The lowest BCUT2D eigenvalue weighted by Crippen LogP contribution is -2.58. The van der Waals surface area contributed by atoms with Crippen molar-refractivity contribution in [3.05, 3.63) is 132 Å². The van der Waals surface area contributed by atoms with Crippen molar-refractivity contribution < 1.29 is 57.4 Å². The van der Waals surface area contributed by atoms with E-state index in [0.29, 0.717) is 60.7 Å². The third-order valence-corrected chi connectivity index (χ3v) is 18.6. The summed E-state index contributed by atoms with van der Waals surface area (Å²) in [5, 5.41) is 0. The van der Waals surface area contributed by atoms with Crippen LogP contribution in [0, 0.1) is 0 Å². The van der Waals surface area contributed by atoms with Crippen molar-refractivity contribution in [3.63, 3.8) is 0 Å². The maximum absolute atomic E-state index is 14.6. The summed E-state index contributed by atoms with van der Waals surface area (Å²) in [5.74, 6) is 1.83. The highest BCUT2D eigenvalue weighted by molar-refractivity contribution is 7.90. The number of nitrogens with zero attached hydrogens (tertiary/aromatic N) is 1. The van der Waals surface area contributed by atoms with E-state index >= 15 is 0 Å². The Bertz CT molecular complexity index is 2860. The van der Waals surface area contributed by atoms with Crippen molar-refractivity contribution >= 4 is 40.1 Å². The van der Waals surface area contributed by atoms with Gasteiger partial charge in [0.05, 0.1) is 60.7 Å². The maximum Gasteiger partial charge on any atom is 0.243 e. The van der Waals surface area contributed by atoms with Crippen LogP contribution in [0.1, 0.15) is 89.2 Å². The van der Waals surface area contributed by atoms with Crippen LogP contribution in [0.25, 0.3) is 0 Å². The molecule has 21 heteroatoms. The highest BCUT2D eigenvalue weighted by Gasteiger charge is 2.42. The molecule has 0 spiro atoms. The molecule has 0 fully saturated rings. The van der Waals surface area contributed by atoms with Crippen molar-refractivity contribution in [1.29, 1.82) is 0 Å². The summed E-state index contributed by atoms with van der Waals surface area (Å²) in [6.45, 7) is 3.80. The molecular weight excluding hydrogens is 1020 g/mol. The fraction of sp³-hybridized carbons (Fsp3) is 0.423. The molecule has 3 N–H and O–H groups in total. The lowest BCUT2D eigenvalue weighted by Gasteiger charge is -2.37. The standard InChI is InChI=1S/C52H70N4O13S4/c1-7-9-11-12-18-46(39-56(73(63,64)50-34-26-45(68-6)27-35-50)38-16-15-37-53-70(57,58)47-28-20-42(65-3)21-29-47)69-40-41-17-13-14-19-51(41)52(36-10-8-2,54-71(59,60)48-30-22-43(66-4)23-31-48)55-72(61,62)49-32-24-44(67-5)25-33-49/h13-14,17,19-35,46,53-55H,7-12,15-16,18,36-40H2,1-6H3. The van der Waals surface area contributed by atoms with Gasteiger partial charge < -0.3 is 23.7 Å². The first-order valence-electron chi connectivity index (χ1n) is 24.2. The lowest BCUT2D eigenvalue weighted by molar-refractivity contribution is 0.0208. The fourth-order valence-electron chi connectivity index (χ4n) is 8.08. The molecule has 5 aromatic carbocycles. The molecule has 0 heterocycles. The van der Waals surface area contributed by atoms with Crippen LogP contribution in [0.4, 0.5) is 0 Å². The second-order valence-electron chi connectivity index (χ2n) is 17.3. The van der Waals surface area contributed by atoms with Gasteiger partial charge in [0.1, 0.15) is 28.7 Å². The Morgan fingerprint density at radius 2 is 0.959 bits per heavy atom. The zero-order valence-corrected chi connectivity index (χ0v) is 45.7. The lowest BCUT2D eigenvalue weighted by atomic mass is 9.91. The van der Waals surface area contributed by atoms with Crippen molar-refractivity contribution in [2.45, 2.75) is 116 Å². The monoisotopic (exact) mass is 1090 g/mol. The number of unbranched alkanes of at least 4 members (excludes halogenated alkanes) is 5. The van der Waals surface area contributed by atoms with Gasteiger partial charge in [-0.25, -0.2) is 38.4 Å². The second kappa shape index (κ2) is 27.4. The summed E-state index contributed by atoms with van der Waals surface area (Å²) in [7, 11) is -11.1. The van der Waals surface area contributed by atoms with Crippen molar-refractivity contribution in [2.75, 3.05) is 48.1 Å². The molecule has 0 saturated heterocycles. The Kier molecular flexibility index (Phi) is 22.1. The summed E-state index contributed by atoms with van der Waals surface area (Å²) in [6, 6.07) is 30.3. The molecule has 400 valence electrons. The summed E-state index contributed by atoms with van der Waals surface area (Å²) in [5.41, 5.74) is -1.26. The van der Waals surface area contributed by atoms with E-state index < -0.39 is 51.9 Å². The Morgan fingerprint density at radius 3 is 1.42 bits per heavy atom. The average molecular weight is 1090 g/mol. The smallest absolute Gasteiger partial charge is 0.243 e. The number of hydrogen-bond acceptors (Lipinski definition) is 13. The normalized spacial score (nSPS) is 12.9. The van der Waals surface area contributed by atoms with Crippen molar-refractivity contribution in [3.8, 4) is 23.0 Å². The number of sulfonamides is 4. The molecule has 73 heavy (non-hydrogen) atoms. The molecule has 0 amide bonds. The number of ether oxygens (including phenoxy) is 5. The van der Waals surface area contributed by atoms with E-state index in [4.69, 9.17) is 23.7 Å². The quantitative estimate of drug-likeness (QED) is 0.0266. The van der Waals surface area contributed by atoms with E-state index in [1.165, 1.54) is 106 Å². The molecule has 1 unspecified atom stereocenters. The molecule has 5 aromatic rings. The molecule has 0 aliphatic carbocycles. The van der Waals surface area contributed by atoms with Crippen LogP contribution in [0.5, 0.6) is 23.0 Å². The molecule has 0 aliphatic rings. The van der Waals surface area contributed by atoms with Gasteiger partial charge in [0.15, 0.2) is 0 Å². The van der Waals surface area contributed by atoms with Gasteiger partial charge in [0, 0.05) is 19.6 Å². The molecule has 0 aliphatic heterocycles. The molecular formula is C52H70N4O13S4. The van der Waals surface area contributed by atoms with Crippen LogP contribution in [-0.4, -0.2) is 92.2 Å². The first kappa shape index (κ1) is 58.8. The van der Waals surface area contributed by atoms with E-state index in [1.54, 1.807) is 48.5 Å². The molecule has 0 radical (unpaired) electrons. The Balaban J connectivity index is 1.51. The van der Waals surface area contributed by atoms with Crippen LogP contribution in [-0.2, 0) is 57.1 Å². The van der Waals surface area contributed by atoms with Crippen LogP contribution in [0.15, 0.2) is 141 Å². The minimum atomic E-state index is -4.47. The van der Waals surface area contributed by atoms with Gasteiger partial charge in [-0.05, 0) is 134 Å². The van der Waals surface area contributed by atoms with Crippen molar-refractivity contribution in [1.82, 2.24) is 18.5 Å². The second-order valence-corrected chi connectivity index (χ2v) is 24.4. The summed E-state index contributed by atoms with van der Waals surface area (Å²) >= 11 is 0. The first-order chi connectivity index (χ1) is 34.9. The predicted octanol–water partition coefficient (Wildman–Crippen LogP) is 8.33. The van der Waals surface area contributed by atoms with Crippen LogP contribution < -0.4 is 33.1 Å². The van der Waals surface area contributed by atoms with Crippen molar-refractivity contribution in [2.24, 2.45) is 0 Å². The van der Waals surface area contributed by atoms with E-state index in [9.17, 15) is 33.7 Å². The summed E-state index contributed by atoms with van der Waals surface area (Å²) < 4.78 is 151. The van der Waals surface area contributed by atoms with E-state index in [-0.39, 0.29) is 64.2 Å². The number of methoxy groups -OCH3 is 4. The van der Waals surface area contributed by atoms with Gasteiger partial charge >= 0.3 is 0 Å². The highest BCUT2D eigenvalue weighted by atomic mass is 32.2.